The lowest BCUT2D eigenvalue weighted by molar-refractivity contribution is 0.0383. The van der Waals surface area contributed by atoms with E-state index in [2.05, 4.69) is 15.2 Å². The smallest absolute Gasteiger partial charge is 0.251 e. The molecule has 6 heteroatoms. The zero-order valence-electron chi connectivity index (χ0n) is 15.2. The fraction of sp³-hybridized carbons (Fsp3) is 0.333. The lowest BCUT2D eigenvalue weighted by Gasteiger charge is -2.26. The van der Waals surface area contributed by atoms with Crippen molar-refractivity contribution in [3.8, 4) is 0 Å². The van der Waals surface area contributed by atoms with E-state index in [9.17, 15) is 4.79 Å². The minimum absolute atomic E-state index is 0.0915. The molecule has 3 aromatic rings. The number of nitrogens with zero attached hydrogens (tertiary/aromatic N) is 2. The van der Waals surface area contributed by atoms with E-state index in [0.29, 0.717) is 30.0 Å². The number of fused-ring (bicyclic) bond motifs is 1. The van der Waals surface area contributed by atoms with Crippen molar-refractivity contribution in [2.24, 2.45) is 0 Å². The molecular formula is C21H23N3O3. The molecule has 0 bridgehead atoms. The first-order valence-electron chi connectivity index (χ1n) is 9.29. The number of hydrogen-bond donors (Lipinski definition) is 1. The normalized spacial score (nSPS) is 15.1. The van der Waals surface area contributed by atoms with Crippen LogP contribution in [0.1, 0.15) is 21.8 Å². The molecule has 140 valence electrons. The molecule has 27 heavy (non-hydrogen) atoms. The van der Waals surface area contributed by atoms with E-state index in [-0.39, 0.29) is 5.91 Å². The van der Waals surface area contributed by atoms with Gasteiger partial charge in [0.2, 0.25) is 0 Å². The van der Waals surface area contributed by atoms with E-state index in [1.807, 2.05) is 36.4 Å². The first kappa shape index (κ1) is 17.7. The number of ether oxygens (including phenoxy) is 1. The summed E-state index contributed by atoms with van der Waals surface area (Å²) in [6.07, 6.45) is 0.636. The molecule has 1 aliphatic rings. The molecule has 2 aromatic carbocycles. The van der Waals surface area contributed by atoms with Crippen LogP contribution in [0.25, 0.3) is 11.1 Å². The van der Waals surface area contributed by atoms with Crippen LogP contribution in [0.3, 0.4) is 0 Å². The highest BCUT2D eigenvalue weighted by molar-refractivity contribution is 5.97. The molecule has 2 heterocycles. The van der Waals surface area contributed by atoms with Gasteiger partial charge in [-0.2, -0.15) is 0 Å². The number of oxazole rings is 1. The van der Waals surface area contributed by atoms with Crippen LogP contribution in [0.15, 0.2) is 52.9 Å². The minimum atomic E-state index is -0.0915. The first-order valence-corrected chi connectivity index (χ1v) is 9.29. The molecule has 1 aliphatic heterocycles. The Morgan fingerprint density at radius 1 is 1.11 bits per heavy atom. The number of aromatic nitrogens is 1. The quantitative estimate of drug-likeness (QED) is 0.727. The largest absolute Gasteiger partial charge is 0.440 e. The molecule has 1 saturated heterocycles. The number of morpholine rings is 1. The van der Waals surface area contributed by atoms with E-state index in [4.69, 9.17) is 9.15 Å². The van der Waals surface area contributed by atoms with Crippen LogP contribution in [-0.2, 0) is 11.2 Å². The maximum Gasteiger partial charge on any atom is 0.251 e. The van der Waals surface area contributed by atoms with Gasteiger partial charge in [-0.1, -0.05) is 30.3 Å². The third kappa shape index (κ3) is 4.53. The Balaban J connectivity index is 1.37. The van der Waals surface area contributed by atoms with E-state index >= 15 is 0 Å². The van der Waals surface area contributed by atoms with Crippen LogP contribution in [0.4, 0.5) is 0 Å². The molecule has 0 aliphatic carbocycles. The maximum absolute atomic E-state index is 12.4. The van der Waals surface area contributed by atoms with E-state index in [0.717, 1.165) is 43.9 Å². The molecule has 0 unspecified atom stereocenters. The number of benzene rings is 2. The summed E-state index contributed by atoms with van der Waals surface area (Å²) in [5.74, 6) is 0.562. The molecule has 0 saturated carbocycles. The van der Waals surface area contributed by atoms with Crippen LogP contribution in [0, 0.1) is 0 Å². The van der Waals surface area contributed by atoms with E-state index in [1.165, 1.54) is 0 Å². The Hall–Kier alpha value is -2.70. The predicted molar refractivity (Wildman–Crippen MR) is 103 cm³/mol. The Morgan fingerprint density at radius 3 is 2.74 bits per heavy atom. The molecular weight excluding hydrogens is 342 g/mol. The van der Waals surface area contributed by atoms with Gasteiger partial charge in [0.05, 0.1) is 13.2 Å². The average Bonchev–Trinajstić information content (AvgIpc) is 3.11. The van der Waals surface area contributed by atoms with Gasteiger partial charge in [-0.05, 0) is 23.8 Å². The lowest BCUT2D eigenvalue weighted by atomic mass is 10.1. The van der Waals surface area contributed by atoms with Crippen molar-refractivity contribution in [2.45, 2.75) is 6.42 Å². The van der Waals surface area contributed by atoms with Gasteiger partial charge in [0, 0.05) is 38.2 Å². The summed E-state index contributed by atoms with van der Waals surface area (Å²) in [6.45, 7) is 4.82. The van der Waals surface area contributed by atoms with Crippen LogP contribution < -0.4 is 5.32 Å². The van der Waals surface area contributed by atoms with E-state index < -0.39 is 0 Å². The van der Waals surface area contributed by atoms with Crippen molar-refractivity contribution in [2.75, 3.05) is 39.4 Å². The van der Waals surface area contributed by atoms with Gasteiger partial charge < -0.3 is 14.5 Å². The average molecular weight is 365 g/mol. The number of rotatable bonds is 6. The number of carbonyl (C=O) groups excluding carboxylic acids is 1. The third-order valence-corrected chi connectivity index (χ3v) is 4.71. The standard InChI is InChI=1S/C21H23N3O3/c25-21(22-8-9-24-10-12-26-13-11-24)17-6-7-18-19(15-17)27-20(23-18)14-16-4-2-1-3-5-16/h1-7,15H,8-14H2,(H,22,25). The van der Waals surface area contributed by atoms with Gasteiger partial charge in [-0.3, -0.25) is 9.69 Å². The number of amides is 1. The lowest BCUT2D eigenvalue weighted by Crippen LogP contribution is -2.41. The molecule has 1 fully saturated rings. The maximum atomic E-state index is 12.4. The summed E-state index contributed by atoms with van der Waals surface area (Å²) >= 11 is 0. The van der Waals surface area contributed by atoms with Gasteiger partial charge in [0.15, 0.2) is 11.5 Å². The van der Waals surface area contributed by atoms with Crippen LogP contribution in [0.2, 0.25) is 0 Å². The molecule has 4 rings (SSSR count). The number of hydrogen-bond acceptors (Lipinski definition) is 5. The summed E-state index contributed by atoms with van der Waals surface area (Å²) in [5, 5.41) is 2.97. The molecule has 0 radical (unpaired) electrons. The van der Waals surface area contributed by atoms with Gasteiger partial charge in [-0.25, -0.2) is 4.98 Å². The Labute approximate surface area is 158 Å². The zero-order valence-corrected chi connectivity index (χ0v) is 15.2. The van der Waals surface area contributed by atoms with Crippen LogP contribution in [0.5, 0.6) is 0 Å². The SMILES string of the molecule is O=C(NCCN1CCOCC1)c1ccc2nc(Cc3ccccc3)oc2c1. The first-order chi connectivity index (χ1) is 13.3. The highest BCUT2D eigenvalue weighted by Gasteiger charge is 2.13. The highest BCUT2D eigenvalue weighted by Crippen LogP contribution is 2.19. The second-order valence-corrected chi connectivity index (χ2v) is 6.66. The van der Waals surface area contributed by atoms with Crippen molar-refractivity contribution in [3.63, 3.8) is 0 Å². The number of nitrogens with one attached hydrogen (secondary N) is 1. The van der Waals surface area contributed by atoms with Crippen LogP contribution in [-0.4, -0.2) is 55.2 Å². The van der Waals surface area contributed by atoms with Gasteiger partial charge in [0.25, 0.3) is 5.91 Å². The summed E-state index contributed by atoms with van der Waals surface area (Å²) in [4.78, 5) is 19.2. The van der Waals surface area contributed by atoms with Crippen molar-refractivity contribution in [3.05, 3.63) is 65.5 Å². The Kier molecular flexibility index (Phi) is 5.46. The fourth-order valence-electron chi connectivity index (χ4n) is 3.21. The second-order valence-electron chi connectivity index (χ2n) is 6.66. The molecule has 0 spiro atoms. The predicted octanol–water partition coefficient (Wildman–Crippen LogP) is 2.48. The molecule has 1 N–H and O–H groups in total. The molecule has 1 amide bonds. The van der Waals surface area contributed by atoms with Gasteiger partial charge >= 0.3 is 0 Å². The Bertz CT molecular complexity index is 901. The summed E-state index contributed by atoms with van der Waals surface area (Å²) in [6, 6.07) is 15.5. The van der Waals surface area contributed by atoms with Gasteiger partial charge in [0.1, 0.15) is 5.52 Å². The van der Waals surface area contributed by atoms with E-state index in [1.54, 1.807) is 12.1 Å². The molecule has 1 aromatic heterocycles. The monoisotopic (exact) mass is 365 g/mol. The molecule has 6 nitrogen and oxygen atoms in total. The molecule has 0 atom stereocenters. The van der Waals surface area contributed by atoms with Crippen molar-refractivity contribution >= 4 is 17.0 Å². The van der Waals surface area contributed by atoms with Gasteiger partial charge in [-0.15, -0.1) is 0 Å². The summed E-state index contributed by atoms with van der Waals surface area (Å²) < 4.78 is 11.2. The summed E-state index contributed by atoms with van der Waals surface area (Å²) in [5.41, 5.74) is 3.14. The zero-order chi connectivity index (χ0) is 18.5. The minimum Gasteiger partial charge on any atom is -0.440 e. The summed E-state index contributed by atoms with van der Waals surface area (Å²) in [7, 11) is 0. The Morgan fingerprint density at radius 2 is 1.93 bits per heavy atom. The second kappa shape index (κ2) is 8.33. The van der Waals surface area contributed by atoms with Crippen LogP contribution >= 0.6 is 0 Å². The van der Waals surface area contributed by atoms with Crippen molar-refractivity contribution in [1.82, 2.24) is 15.2 Å². The topological polar surface area (TPSA) is 67.6 Å². The van der Waals surface area contributed by atoms with Crippen molar-refractivity contribution in [1.29, 1.82) is 0 Å². The highest BCUT2D eigenvalue weighted by atomic mass is 16.5. The van der Waals surface area contributed by atoms with Crippen molar-refractivity contribution < 1.29 is 13.9 Å². The fourth-order valence-corrected chi connectivity index (χ4v) is 3.21. The third-order valence-electron chi connectivity index (χ3n) is 4.71. The number of carbonyl (C=O) groups is 1.